The summed E-state index contributed by atoms with van der Waals surface area (Å²) < 4.78 is 5.11. The van der Waals surface area contributed by atoms with Crippen molar-refractivity contribution in [2.24, 2.45) is 0 Å². The van der Waals surface area contributed by atoms with Gasteiger partial charge in [-0.15, -0.1) is 11.3 Å². The van der Waals surface area contributed by atoms with E-state index in [4.69, 9.17) is 16.3 Å². The van der Waals surface area contributed by atoms with Gasteiger partial charge in [-0.2, -0.15) is 0 Å². The molecular formula is C20H14ClNO4S. The molecule has 7 heteroatoms. The molecule has 27 heavy (non-hydrogen) atoms. The van der Waals surface area contributed by atoms with E-state index in [1.165, 1.54) is 17.4 Å². The van der Waals surface area contributed by atoms with E-state index in [1.54, 1.807) is 60.0 Å². The molecule has 5 nitrogen and oxygen atoms in total. The molecule has 136 valence electrons. The zero-order valence-electron chi connectivity index (χ0n) is 14.0. The van der Waals surface area contributed by atoms with Crippen LogP contribution in [0.1, 0.15) is 30.4 Å². The van der Waals surface area contributed by atoms with Crippen molar-refractivity contribution in [3.63, 3.8) is 0 Å². The lowest BCUT2D eigenvalue weighted by Gasteiger charge is -2.10. The van der Waals surface area contributed by atoms with Crippen molar-refractivity contribution < 1.29 is 19.1 Å². The standard InChI is InChI=1S/C20H14ClNO4S/c21-14-9-7-13(8-10-14)19(24)22-16-5-2-1-4-15(16)20(25)26-12-17(23)18-6-3-11-27-18/h1-11H,12H2,(H,22,24). The van der Waals surface area contributed by atoms with Crippen molar-refractivity contribution in [2.75, 3.05) is 11.9 Å². The largest absolute Gasteiger partial charge is 0.454 e. The van der Waals surface area contributed by atoms with Gasteiger partial charge < -0.3 is 10.1 Å². The second-order valence-corrected chi connectivity index (χ2v) is 6.87. The minimum Gasteiger partial charge on any atom is -0.454 e. The molecule has 2 aromatic carbocycles. The molecule has 1 amide bonds. The van der Waals surface area contributed by atoms with Gasteiger partial charge in [-0.25, -0.2) is 4.79 Å². The van der Waals surface area contributed by atoms with Crippen LogP contribution < -0.4 is 5.32 Å². The van der Waals surface area contributed by atoms with Crippen molar-refractivity contribution in [1.82, 2.24) is 0 Å². The number of Topliss-reactive ketones (excluding diaryl/α,β-unsaturated/α-hetero) is 1. The molecule has 0 spiro atoms. The number of rotatable bonds is 6. The highest BCUT2D eigenvalue weighted by molar-refractivity contribution is 7.12. The summed E-state index contributed by atoms with van der Waals surface area (Å²) in [6.45, 7) is -0.362. The summed E-state index contributed by atoms with van der Waals surface area (Å²) in [5.74, 6) is -1.35. The summed E-state index contributed by atoms with van der Waals surface area (Å²) in [7, 11) is 0. The summed E-state index contributed by atoms with van der Waals surface area (Å²) in [4.78, 5) is 37.2. The smallest absolute Gasteiger partial charge is 0.340 e. The minimum atomic E-state index is -0.688. The average molecular weight is 400 g/mol. The van der Waals surface area contributed by atoms with Gasteiger partial charge in [0, 0.05) is 10.6 Å². The number of hydrogen-bond donors (Lipinski definition) is 1. The summed E-state index contributed by atoms with van der Waals surface area (Å²) in [6, 6.07) is 16.2. The molecule has 3 aromatic rings. The van der Waals surface area contributed by atoms with Gasteiger partial charge in [0.2, 0.25) is 5.78 Å². The van der Waals surface area contributed by atoms with E-state index in [0.29, 0.717) is 21.2 Å². The molecule has 0 bridgehead atoms. The van der Waals surface area contributed by atoms with Crippen LogP contribution in [-0.4, -0.2) is 24.3 Å². The molecule has 0 unspecified atom stereocenters. The molecule has 1 heterocycles. The first-order chi connectivity index (χ1) is 13.0. The van der Waals surface area contributed by atoms with Gasteiger partial charge in [0.15, 0.2) is 6.61 Å². The maximum absolute atomic E-state index is 12.4. The Hall–Kier alpha value is -2.96. The fourth-order valence-corrected chi connectivity index (χ4v) is 3.06. The van der Waals surface area contributed by atoms with Crippen molar-refractivity contribution in [3.8, 4) is 0 Å². The van der Waals surface area contributed by atoms with E-state index < -0.39 is 5.97 Å². The van der Waals surface area contributed by atoms with Crippen molar-refractivity contribution >= 4 is 46.3 Å². The number of hydrogen-bond acceptors (Lipinski definition) is 5. The lowest BCUT2D eigenvalue weighted by molar-refractivity contribution is 0.0477. The molecule has 0 radical (unpaired) electrons. The number of benzene rings is 2. The zero-order chi connectivity index (χ0) is 19.2. The van der Waals surface area contributed by atoms with Crippen LogP contribution in [0.4, 0.5) is 5.69 Å². The molecule has 0 fully saturated rings. The Bertz CT molecular complexity index is 968. The third-order valence-corrected chi connectivity index (χ3v) is 4.79. The number of ether oxygens (including phenoxy) is 1. The lowest BCUT2D eigenvalue weighted by atomic mass is 10.1. The monoisotopic (exact) mass is 399 g/mol. The maximum atomic E-state index is 12.4. The SMILES string of the molecule is O=C(Nc1ccccc1C(=O)OCC(=O)c1cccs1)c1ccc(Cl)cc1. The number of para-hydroxylation sites is 1. The van der Waals surface area contributed by atoms with Gasteiger partial charge in [-0.1, -0.05) is 29.8 Å². The number of halogens is 1. The van der Waals surface area contributed by atoms with Gasteiger partial charge in [-0.3, -0.25) is 9.59 Å². The van der Waals surface area contributed by atoms with Crippen LogP contribution in [-0.2, 0) is 4.74 Å². The molecule has 0 saturated heterocycles. The fourth-order valence-electron chi connectivity index (χ4n) is 2.28. The highest BCUT2D eigenvalue weighted by atomic mass is 35.5. The van der Waals surface area contributed by atoms with Crippen molar-refractivity contribution in [2.45, 2.75) is 0 Å². The predicted octanol–water partition coefficient (Wildman–Crippen LogP) is 4.69. The molecular weight excluding hydrogens is 386 g/mol. The predicted molar refractivity (Wildman–Crippen MR) is 105 cm³/mol. The number of carbonyl (C=O) groups is 3. The van der Waals surface area contributed by atoms with Crippen molar-refractivity contribution in [1.29, 1.82) is 0 Å². The third-order valence-electron chi connectivity index (χ3n) is 3.63. The first-order valence-electron chi connectivity index (χ1n) is 7.94. The fraction of sp³-hybridized carbons (Fsp3) is 0.0500. The van der Waals surface area contributed by atoms with E-state index in [1.807, 2.05) is 0 Å². The Balaban J connectivity index is 1.69. The van der Waals surface area contributed by atoms with E-state index >= 15 is 0 Å². The molecule has 0 aliphatic rings. The first-order valence-corrected chi connectivity index (χ1v) is 9.20. The number of anilines is 1. The Morgan fingerprint density at radius 3 is 2.41 bits per heavy atom. The molecule has 0 aliphatic heterocycles. The van der Waals surface area contributed by atoms with Gasteiger partial charge >= 0.3 is 5.97 Å². The summed E-state index contributed by atoms with van der Waals surface area (Å²) >= 11 is 7.10. The Labute approximate surface area is 164 Å². The second-order valence-electron chi connectivity index (χ2n) is 5.48. The zero-order valence-corrected chi connectivity index (χ0v) is 15.5. The molecule has 1 N–H and O–H groups in total. The van der Waals surface area contributed by atoms with E-state index in [-0.39, 0.29) is 23.9 Å². The number of thiophene rings is 1. The van der Waals surface area contributed by atoms with E-state index in [0.717, 1.165) is 0 Å². The minimum absolute atomic E-state index is 0.166. The van der Waals surface area contributed by atoms with Crippen molar-refractivity contribution in [3.05, 3.63) is 87.1 Å². The van der Waals surface area contributed by atoms with Crippen LogP contribution in [0, 0.1) is 0 Å². The first kappa shape index (κ1) is 18.8. The lowest BCUT2D eigenvalue weighted by Crippen LogP contribution is -2.17. The van der Waals surface area contributed by atoms with Gasteiger partial charge in [0.25, 0.3) is 5.91 Å². The highest BCUT2D eigenvalue weighted by Crippen LogP contribution is 2.19. The maximum Gasteiger partial charge on any atom is 0.340 e. The number of esters is 1. The Kier molecular flexibility index (Phi) is 6.01. The van der Waals surface area contributed by atoms with Crippen LogP contribution in [0.5, 0.6) is 0 Å². The van der Waals surface area contributed by atoms with E-state index in [2.05, 4.69) is 5.32 Å². The van der Waals surface area contributed by atoms with Crippen LogP contribution >= 0.6 is 22.9 Å². The van der Waals surface area contributed by atoms with Gasteiger partial charge in [0.1, 0.15) is 0 Å². The molecule has 0 atom stereocenters. The average Bonchev–Trinajstić information content (AvgIpc) is 3.21. The summed E-state index contributed by atoms with van der Waals surface area (Å²) in [6.07, 6.45) is 0. The summed E-state index contributed by atoms with van der Waals surface area (Å²) in [5, 5.41) is 4.97. The topological polar surface area (TPSA) is 72.5 Å². The quantitative estimate of drug-likeness (QED) is 0.482. The highest BCUT2D eigenvalue weighted by Gasteiger charge is 2.17. The Morgan fingerprint density at radius 1 is 0.963 bits per heavy atom. The van der Waals surface area contributed by atoms with Crippen LogP contribution in [0.25, 0.3) is 0 Å². The van der Waals surface area contributed by atoms with Gasteiger partial charge in [0.05, 0.1) is 16.1 Å². The Morgan fingerprint density at radius 2 is 1.70 bits per heavy atom. The summed E-state index contributed by atoms with van der Waals surface area (Å²) in [5.41, 5.74) is 0.861. The molecule has 1 aromatic heterocycles. The number of amides is 1. The normalized spacial score (nSPS) is 10.3. The third kappa shape index (κ3) is 4.81. The molecule has 0 aliphatic carbocycles. The molecule has 3 rings (SSSR count). The number of nitrogens with one attached hydrogen (secondary N) is 1. The van der Waals surface area contributed by atoms with E-state index in [9.17, 15) is 14.4 Å². The van der Waals surface area contributed by atoms with Crippen LogP contribution in [0.3, 0.4) is 0 Å². The second kappa shape index (κ2) is 8.62. The van der Waals surface area contributed by atoms with Gasteiger partial charge in [-0.05, 0) is 47.8 Å². The molecule has 0 saturated carbocycles. The number of ketones is 1. The van der Waals surface area contributed by atoms with Crippen LogP contribution in [0.15, 0.2) is 66.0 Å². The number of carbonyl (C=O) groups excluding carboxylic acids is 3. The van der Waals surface area contributed by atoms with Crippen LogP contribution in [0.2, 0.25) is 5.02 Å².